The van der Waals surface area contributed by atoms with Gasteiger partial charge in [-0.15, -0.1) is 20.4 Å². The zero-order valence-electron chi connectivity index (χ0n) is 20.6. The molecule has 198 valence electrons. The summed E-state index contributed by atoms with van der Waals surface area (Å²) in [7, 11) is 0. The van der Waals surface area contributed by atoms with Gasteiger partial charge in [0.25, 0.3) is 5.91 Å². The molecule has 2 aromatic carbocycles. The van der Waals surface area contributed by atoms with E-state index in [0.29, 0.717) is 26.7 Å². The fourth-order valence-electron chi connectivity index (χ4n) is 3.38. The Morgan fingerprint density at radius 3 is 2.71 bits per heavy atom. The van der Waals surface area contributed by atoms with Gasteiger partial charge in [0, 0.05) is 4.47 Å². The largest absolute Gasteiger partial charge is 0.345 e. The van der Waals surface area contributed by atoms with Crippen molar-refractivity contribution < 1.29 is 9.59 Å². The summed E-state index contributed by atoms with van der Waals surface area (Å²) in [6, 6.07) is 11.0. The molecule has 2 amide bonds. The van der Waals surface area contributed by atoms with Gasteiger partial charge >= 0.3 is 0 Å². The Bertz CT molecular complexity index is 1480. The molecule has 0 unspecified atom stereocenters. The first-order valence-electron chi connectivity index (χ1n) is 11.4. The number of aryl methyl sites for hydroxylation is 1. The highest BCUT2D eigenvalue weighted by Crippen LogP contribution is 2.28. The number of halogens is 2. The number of hydrogen-bond donors (Lipinski definition) is 2. The Labute approximate surface area is 245 Å². The number of aromatic nitrogens is 5. The first kappa shape index (κ1) is 28.6. The molecule has 2 aromatic heterocycles. The summed E-state index contributed by atoms with van der Waals surface area (Å²) in [6.45, 7) is 6.17. The summed E-state index contributed by atoms with van der Waals surface area (Å²) >= 11 is 13.7. The fourth-order valence-corrected chi connectivity index (χ4v) is 6.38. The highest BCUT2D eigenvalue weighted by molar-refractivity contribution is 9.10. The molecular formula is C24H23BrClN7O2S3. The number of thioether (sulfide) groups is 2. The lowest BCUT2D eigenvalue weighted by Gasteiger charge is -2.15. The molecule has 0 aliphatic rings. The molecule has 0 fully saturated rings. The minimum atomic E-state index is -0.335. The van der Waals surface area contributed by atoms with Gasteiger partial charge in [-0.25, -0.2) is 0 Å². The van der Waals surface area contributed by atoms with Crippen LogP contribution in [0.3, 0.4) is 0 Å². The number of nitrogens with zero attached hydrogens (tertiary/aromatic N) is 5. The number of anilines is 1. The number of amides is 2. The smallest absolute Gasteiger partial charge is 0.253 e. The summed E-state index contributed by atoms with van der Waals surface area (Å²) in [4.78, 5) is 25.5. The Morgan fingerprint density at radius 1 is 1.11 bits per heavy atom. The van der Waals surface area contributed by atoms with E-state index in [1.165, 1.54) is 23.1 Å². The molecular weight excluding hydrogens is 630 g/mol. The highest BCUT2D eigenvalue weighted by atomic mass is 79.9. The summed E-state index contributed by atoms with van der Waals surface area (Å²) in [6.07, 6.45) is 0. The monoisotopic (exact) mass is 651 g/mol. The second-order valence-corrected chi connectivity index (χ2v) is 12.7. The molecule has 4 rings (SSSR count). The minimum absolute atomic E-state index is 0.0961. The van der Waals surface area contributed by atoms with Crippen molar-refractivity contribution >= 4 is 79.3 Å². The van der Waals surface area contributed by atoms with Gasteiger partial charge in [0.05, 0.1) is 28.6 Å². The van der Waals surface area contributed by atoms with Crippen LogP contribution in [0.15, 0.2) is 50.4 Å². The Morgan fingerprint density at radius 2 is 1.92 bits per heavy atom. The Kier molecular flexibility index (Phi) is 9.82. The Hall–Kier alpha value is -2.45. The van der Waals surface area contributed by atoms with Crippen LogP contribution >= 0.6 is 62.4 Å². The molecule has 0 aliphatic heterocycles. The second-order valence-electron chi connectivity index (χ2n) is 7.90. The van der Waals surface area contributed by atoms with Gasteiger partial charge in [-0.05, 0) is 55.0 Å². The minimum Gasteiger partial charge on any atom is -0.345 e. The SMILES string of the molecule is CCSc1nnc(NC(=O)CSc2nnc(CNC(=O)c3cc(Br)ccc3Cl)n2-c2cccc(C)c2C)s1. The van der Waals surface area contributed by atoms with Crippen LogP contribution < -0.4 is 10.6 Å². The number of rotatable bonds is 10. The van der Waals surface area contributed by atoms with Crippen LogP contribution in [0.2, 0.25) is 5.02 Å². The van der Waals surface area contributed by atoms with E-state index in [1.807, 2.05) is 43.5 Å². The van der Waals surface area contributed by atoms with E-state index in [9.17, 15) is 9.59 Å². The molecule has 0 saturated carbocycles. The normalized spacial score (nSPS) is 11.0. The van der Waals surface area contributed by atoms with Crippen LogP contribution in [0, 0.1) is 13.8 Å². The Balaban J connectivity index is 1.53. The van der Waals surface area contributed by atoms with Crippen molar-refractivity contribution in [3.8, 4) is 5.69 Å². The zero-order chi connectivity index (χ0) is 27.2. The molecule has 4 aromatic rings. The molecule has 2 N–H and O–H groups in total. The van der Waals surface area contributed by atoms with Gasteiger partial charge in [0.2, 0.25) is 11.0 Å². The van der Waals surface area contributed by atoms with Crippen molar-refractivity contribution in [2.75, 3.05) is 16.8 Å². The van der Waals surface area contributed by atoms with Gasteiger partial charge in [-0.1, -0.05) is 81.4 Å². The van der Waals surface area contributed by atoms with E-state index in [4.69, 9.17) is 11.6 Å². The van der Waals surface area contributed by atoms with Crippen LogP contribution in [0.4, 0.5) is 5.13 Å². The molecule has 14 heteroatoms. The molecule has 9 nitrogen and oxygen atoms in total. The average molecular weight is 653 g/mol. The standard InChI is InChI=1S/C24H23BrClN7O2S3/c1-4-36-24-32-30-22(38-24)28-20(34)12-37-23-31-29-19(33(23)18-7-5-6-13(2)14(18)3)11-27-21(35)16-10-15(25)8-9-17(16)26/h5-10H,4,11-12H2,1-3H3,(H,27,35)(H,28,30,34). The van der Waals surface area contributed by atoms with Crippen molar-refractivity contribution in [3.63, 3.8) is 0 Å². The second kappa shape index (κ2) is 13.1. The van der Waals surface area contributed by atoms with Gasteiger partial charge in [-0.2, -0.15) is 0 Å². The van der Waals surface area contributed by atoms with E-state index in [-0.39, 0.29) is 24.1 Å². The number of hydrogen-bond acceptors (Lipinski definition) is 9. The van der Waals surface area contributed by atoms with E-state index in [2.05, 4.69) is 47.0 Å². The van der Waals surface area contributed by atoms with Gasteiger partial charge in [0.15, 0.2) is 15.3 Å². The van der Waals surface area contributed by atoms with Crippen molar-refractivity contribution in [1.29, 1.82) is 0 Å². The van der Waals surface area contributed by atoms with E-state index < -0.39 is 0 Å². The number of carbonyl (C=O) groups is 2. The number of benzene rings is 2. The molecule has 2 heterocycles. The quantitative estimate of drug-likeness (QED) is 0.160. The summed E-state index contributed by atoms with van der Waals surface area (Å²) in [5.41, 5.74) is 3.35. The zero-order valence-corrected chi connectivity index (χ0v) is 25.4. The van der Waals surface area contributed by atoms with Crippen LogP contribution in [0.25, 0.3) is 5.69 Å². The lowest BCUT2D eigenvalue weighted by molar-refractivity contribution is -0.113. The fraction of sp³-hybridized carbons (Fsp3) is 0.250. The summed E-state index contributed by atoms with van der Waals surface area (Å²) in [5.74, 6) is 0.933. The number of nitrogens with one attached hydrogen (secondary N) is 2. The third-order valence-electron chi connectivity index (χ3n) is 5.35. The third-order valence-corrected chi connectivity index (χ3v) is 8.96. The van der Waals surface area contributed by atoms with Crippen molar-refractivity contribution in [2.45, 2.75) is 36.8 Å². The molecule has 0 radical (unpaired) electrons. The van der Waals surface area contributed by atoms with E-state index in [1.54, 1.807) is 30.0 Å². The van der Waals surface area contributed by atoms with Crippen molar-refractivity contribution in [2.24, 2.45) is 0 Å². The number of carbonyl (C=O) groups excluding carboxylic acids is 2. The third kappa shape index (κ3) is 6.94. The van der Waals surface area contributed by atoms with Crippen molar-refractivity contribution in [3.05, 3.63) is 68.4 Å². The van der Waals surface area contributed by atoms with E-state index in [0.717, 1.165) is 31.4 Å². The van der Waals surface area contributed by atoms with Crippen LogP contribution in [-0.2, 0) is 11.3 Å². The van der Waals surface area contributed by atoms with Gasteiger partial charge in [0.1, 0.15) is 0 Å². The predicted octanol–water partition coefficient (Wildman–Crippen LogP) is 5.92. The first-order valence-corrected chi connectivity index (χ1v) is 15.4. The topological polar surface area (TPSA) is 115 Å². The predicted molar refractivity (Wildman–Crippen MR) is 157 cm³/mol. The maximum atomic E-state index is 12.9. The lowest BCUT2D eigenvalue weighted by atomic mass is 10.1. The maximum absolute atomic E-state index is 12.9. The molecule has 0 saturated heterocycles. The molecule has 0 atom stereocenters. The molecule has 0 bridgehead atoms. The average Bonchev–Trinajstić information content (AvgIpc) is 3.51. The van der Waals surface area contributed by atoms with Crippen LogP contribution in [0.5, 0.6) is 0 Å². The maximum Gasteiger partial charge on any atom is 0.253 e. The lowest BCUT2D eigenvalue weighted by Crippen LogP contribution is -2.25. The molecule has 38 heavy (non-hydrogen) atoms. The van der Waals surface area contributed by atoms with Crippen LogP contribution in [0.1, 0.15) is 34.2 Å². The van der Waals surface area contributed by atoms with Crippen LogP contribution in [-0.4, -0.2) is 48.3 Å². The summed E-state index contributed by atoms with van der Waals surface area (Å²) < 4.78 is 3.42. The van der Waals surface area contributed by atoms with E-state index >= 15 is 0 Å². The van der Waals surface area contributed by atoms with Gasteiger partial charge in [-0.3, -0.25) is 19.5 Å². The summed E-state index contributed by atoms with van der Waals surface area (Å²) in [5, 5.41) is 23.7. The molecule has 0 spiro atoms. The van der Waals surface area contributed by atoms with Crippen molar-refractivity contribution in [1.82, 2.24) is 30.3 Å². The first-order chi connectivity index (χ1) is 18.3. The molecule has 0 aliphatic carbocycles. The van der Waals surface area contributed by atoms with Gasteiger partial charge < -0.3 is 5.32 Å². The highest BCUT2D eigenvalue weighted by Gasteiger charge is 2.20.